The molecule has 0 atom stereocenters. The second kappa shape index (κ2) is 14.9. The molecule has 0 saturated heterocycles. The van der Waals surface area contributed by atoms with Crippen molar-refractivity contribution in [2.45, 2.75) is 108 Å². The molecule has 3 aromatic rings. The minimum absolute atomic E-state index is 0. The predicted octanol–water partition coefficient (Wildman–Crippen LogP) is 10.0. The summed E-state index contributed by atoms with van der Waals surface area (Å²) in [7, 11) is -1.74. The Hall–Kier alpha value is -1.85. The fraction of sp³-hybridized carbons (Fsp3) is 0.511. The first-order valence-corrected chi connectivity index (χ1v) is 24.8. The molecule has 8 saturated carbocycles. The first kappa shape index (κ1) is 36.5. The van der Waals surface area contributed by atoms with Crippen LogP contribution in [0.1, 0.15) is 77.0 Å². The quantitative estimate of drug-likeness (QED) is 0.146. The summed E-state index contributed by atoms with van der Waals surface area (Å²) in [6.45, 7) is 13.2. The van der Waals surface area contributed by atoms with Crippen LogP contribution in [0.2, 0.25) is 19.6 Å². The Morgan fingerprint density at radius 1 is 0.520 bits per heavy atom. The molecule has 0 amide bonds. The van der Waals surface area contributed by atoms with Crippen LogP contribution in [0.5, 0.6) is 0 Å². The summed E-state index contributed by atoms with van der Waals surface area (Å²) in [5.41, 5.74) is 1.00. The Morgan fingerprint density at radius 3 is 1.00 bits per heavy atom. The van der Waals surface area contributed by atoms with Gasteiger partial charge in [-0.05, 0) is 161 Å². The molecule has 1 heterocycles. The first-order valence-electron chi connectivity index (χ1n) is 19.6. The van der Waals surface area contributed by atoms with Gasteiger partial charge in [-0.2, -0.15) is 6.67 Å². The molecule has 8 bridgehead atoms. The van der Waals surface area contributed by atoms with Gasteiger partial charge < -0.3 is 16.3 Å². The molecule has 12 rings (SSSR count). The second-order valence-electron chi connectivity index (χ2n) is 18.5. The minimum Gasteiger partial charge on any atom is -0.503 e. The van der Waals surface area contributed by atoms with Crippen LogP contribution < -0.4 is 15.9 Å². The van der Waals surface area contributed by atoms with Crippen molar-refractivity contribution in [2.24, 2.45) is 35.5 Å². The van der Waals surface area contributed by atoms with Gasteiger partial charge in [0.05, 0.1) is 7.92 Å². The first-order chi connectivity index (χ1) is 23.6. The van der Waals surface area contributed by atoms with Crippen molar-refractivity contribution in [3.05, 3.63) is 117 Å². The average molecular weight is 747 g/mol. The number of benzene rings is 3. The van der Waals surface area contributed by atoms with Crippen molar-refractivity contribution < 1.29 is 16.8 Å². The number of rotatable bonds is 5. The predicted molar refractivity (Wildman–Crippen MR) is 214 cm³/mol. The zero-order chi connectivity index (χ0) is 33.6. The average Bonchev–Trinajstić information content (AvgIpc) is 3.58. The summed E-state index contributed by atoms with van der Waals surface area (Å²) in [5.74, 6) is 6.26. The molecule has 8 aliphatic carbocycles. The maximum atomic E-state index is 3.91. The molecule has 0 N–H and O–H groups in total. The van der Waals surface area contributed by atoms with E-state index in [4.69, 9.17) is 0 Å². The largest absolute Gasteiger partial charge is 2.00 e. The van der Waals surface area contributed by atoms with Crippen molar-refractivity contribution >= 4 is 31.9 Å². The third-order valence-corrected chi connectivity index (χ3v) is 15.7. The normalized spacial score (nSPS) is 34.2. The van der Waals surface area contributed by atoms with Gasteiger partial charge in [0.1, 0.15) is 15.9 Å². The number of nitrogens with zero attached hydrogens (tertiary/aromatic N) is 2. The molecule has 2 nitrogen and oxygen atoms in total. The van der Waals surface area contributed by atoms with Crippen molar-refractivity contribution in [3.63, 3.8) is 0 Å². The van der Waals surface area contributed by atoms with Gasteiger partial charge in [0, 0.05) is 11.1 Å². The van der Waals surface area contributed by atoms with Crippen LogP contribution in [0.4, 0.5) is 0 Å². The number of hydrogen-bond donors (Lipinski definition) is 0. The van der Waals surface area contributed by atoms with Crippen LogP contribution in [0.25, 0.3) is 0 Å². The Bertz CT molecular complexity index is 1350. The van der Waals surface area contributed by atoms with Gasteiger partial charge in [-0.1, -0.05) is 74.2 Å². The summed E-state index contributed by atoms with van der Waals surface area (Å²) in [5, 5.41) is 4.31. The van der Waals surface area contributed by atoms with E-state index in [-0.39, 0.29) is 16.8 Å². The standard InChI is InChI=1S/C23H33N2.C18H15P.C4H11Si.Co/c1-2-25(23-12-19-6-20(13-23)8-21(7-19)14-23)15-24(1)22-9-16-3-17(10-22)5-18(4-16)11-22;1-4-10-16(11-5-1)19(17-12-6-2-7-13-17)18-14-8-3-9-15-18;1-5(2,3)4;/h1-2,15-21H,3-14H2;1-15H;1H2,2-4H3;/q-1;;-1;+2/p+1. The molecule has 0 spiro atoms. The maximum absolute atomic E-state index is 3.91. The van der Waals surface area contributed by atoms with Crippen LogP contribution in [0.15, 0.2) is 103 Å². The van der Waals surface area contributed by atoms with E-state index in [1.54, 1.807) is 38.5 Å². The molecular formula is C45H60CoN2PSi+. The molecule has 1 radical (unpaired) electrons. The summed E-state index contributed by atoms with van der Waals surface area (Å²) in [4.78, 5) is 5.46. The van der Waals surface area contributed by atoms with Gasteiger partial charge in [0.2, 0.25) is 0 Å². The zero-order valence-electron chi connectivity index (χ0n) is 30.8. The molecule has 1 aliphatic heterocycles. The van der Waals surface area contributed by atoms with E-state index in [9.17, 15) is 0 Å². The molecule has 5 heteroatoms. The third kappa shape index (κ3) is 7.90. The van der Waals surface area contributed by atoms with Crippen LogP contribution >= 0.6 is 7.92 Å². The summed E-state index contributed by atoms with van der Waals surface area (Å²) >= 11 is 0. The fourth-order valence-corrected chi connectivity index (χ4v) is 14.6. The molecule has 0 unspecified atom stereocenters. The second-order valence-corrected chi connectivity index (χ2v) is 26.1. The van der Waals surface area contributed by atoms with E-state index in [0.29, 0.717) is 11.1 Å². The van der Waals surface area contributed by atoms with E-state index in [1.807, 2.05) is 0 Å². The van der Waals surface area contributed by atoms with Crippen molar-refractivity contribution in [3.8, 4) is 0 Å². The van der Waals surface area contributed by atoms with Crippen LogP contribution in [0, 0.1) is 48.7 Å². The van der Waals surface area contributed by atoms with Crippen LogP contribution in [0.3, 0.4) is 0 Å². The van der Waals surface area contributed by atoms with Crippen molar-refractivity contribution in [1.29, 1.82) is 0 Å². The van der Waals surface area contributed by atoms with Gasteiger partial charge in [0.25, 0.3) is 0 Å². The molecule has 50 heavy (non-hydrogen) atoms. The third-order valence-electron chi connectivity index (χ3n) is 12.9. The van der Waals surface area contributed by atoms with Gasteiger partial charge in [0.15, 0.2) is 0 Å². The maximum Gasteiger partial charge on any atom is 2.00 e. The van der Waals surface area contributed by atoms with E-state index >= 15 is 0 Å². The monoisotopic (exact) mass is 746 g/mol. The smallest absolute Gasteiger partial charge is 0.503 e. The van der Waals surface area contributed by atoms with E-state index in [2.05, 4.69) is 146 Å². The van der Waals surface area contributed by atoms with E-state index < -0.39 is 16.0 Å². The van der Waals surface area contributed by atoms with Gasteiger partial charge in [-0.15, -0.1) is 8.07 Å². The number of hydrogen-bond acceptors (Lipinski definition) is 2. The van der Waals surface area contributed by atoms with E-state index in [1.165, 1.54) is 54.4 Å². The van der Waals surface area contributed by atoms with Crippen LogP contribution in [-0.2, 0) is 16.8 Å². The fourth-order valence-electron chi connectivity index (χ4n) is 12.0. The Kier molecular flexibility index (Phi) is 10.9. The molecule has 3 aromatic carbocycles. The summed E-state index contributed by atoms with van der Waals surface area (Å²) < 4.78 is 0. The van der Waals surface area contributed by atoms with Gasteiger partial charge in [-0.3, -0.25) is 0 Å². The van der Waals surface area contributed by atoms with Gasteiger partial charge in [-0.25, -0.2) is 0 Å². The Balaban J connectivity index is 0.000000140. The molecule has 267 valence electrons. The Labute approximate surface area is 316 Å². The van der Waals surface area contributed by atoms with Crippen molar-refractivity contribution in [2.75, 3.05) is 0 Å². The Morgan fingerprint density at radius 2 is 0.760 bits per heavy atom. The summed E-state index contributed by atoms with van der Waals surface area (Å²) in [6, 6.07) is 32.5. The van der Waals surface area contributed by atoms with Crippen molar-refractivity contribution in [1.82, 2.24) is 9.80 Å². The SMILES string of the molecule is C1=CN(C23CC4CC(CC(C4)C2)C3)[CH-]N1C12CC3CC(CC(C3)C1)C2.[CH2-][Si](C)(C)C.[Co+2].c1ccc([PH+](c2ccccc2)c2ccccc2)cc1. The zero-order valence-corrected chi connectivity index (χ0v) is 33.8. The van der Waals surface area contributed by atoms with Crippen LogP contribution in [-0.4, -0.2) is 29.0 Å². The minimum atomic E-state index is -0.877. The molecule has 8 fully saturated rings. The van der Waals surface area contributed by atoms with E-state index in [0.717, 1.165) is 35.5 Å². The molecule has 0 aromatic heterocycles. The summed E-state index contributed by atoms with van der Waals surface area (Å²) in [6.07, 6.45) is 23.2. The topological polar surface area (TPSA) is 6.48 Å². The molecule has 9 aliphatic rings. The van der Waals surface area contributed by atoms with Gasteiger partial charge >= 0.3 is 16.8 Å². The molecular weight excluding hydrogens is 687 g/mol.